The summed E-state index contributed by atoms with van der Waals surface area (Å²) >= 11 is 0. The summed E-state index contributed by atoms with van der Waals surface area (Å²) in [4.78, 5) is 28.7. The second-order valence-corrected chi connectivity index (χ2v) is 11.3. The van der Waals surface area contributed by atoms with Gasteiger partial charge < -0.3 is 23.8 Å². The van der Waals surface area contributed by atoms with E-state index < -0.39 is 5.60 Å². The molecule has 1 amide bonds. The SMILES string of the molecule is CC(C)(C)OC(=O)N1CCN(c2noc3cc(Cc4n[nH]c(=O)c5ccc(OC6CCC6)cc45)ccc23)CC1. The molecular weight excluding hydrogens is 498 g/mol. The van der Waals surface area contributed by atoms with Crippen molar-refractivity contribution in [2.75, 3.05) is 31.1 Å². The molecule has 2 aromatic carbocycles. The maximum Gasteiger partial charge on any atom is 0.410 e. The molecule has 1 saturated heterocycles. The minimum Gasteiger partial charge on any atom is -0.490 e. The van der Waals surface area contributed by atoms with Crippen molar-refractivity contribution < 1.29 is 18.8 Å². The molecule has 39 heavy (non-hydrogen) atoms. The molecule has 0 bridgehead atoms. The quantitative estimate of drug-likeness (QED) is 0.396. The molecule has 2 aromatic heterocycles. The molecule has 10 nitrogen and oxygen atoms in total. The van der Waals surface area contributed by atoms with Crippen molar-refractivity contribution in [2.45, 2.75) is 58.2 Å². The molecule has 1 aliphatic carbocycles. The summed E-state index contributed by atoms with van der Waals surface area (Å²) in [7, 11) is 0. The number of aromatic nitrogens is 3. The molecule has 1 saturated carbocycles. The number of nitrogens with one attached hydrogen (secondary N) is 1. The number of carbonyl (C=O) groups is 1. The zero-order valence-corrected chi connectivity index (χ0v) is 22.5. The average Bonchev–Trinajstić information content (AvgIpc) is 3.30. The van der Waals surface area contributed by atoms with Crippen LogP contribution in [0.1, 0.15) is 51.3 Å². The van der Waals surface area contributed by atoms with Gasteiger partial charge in [0.1, 0.15) is 11.4 Å². The Morgan fingerprint density at radius 2 is 1.82 bits per heavy atom. The molecule has 1 aliphatic heterocycles. The number of H-pyrrole nitrogens is 1. The number of hydrogen-bond acceptors (Lipinski definition) is 8. The molecule has 10 heteroatoms. The van der Waals surface area contributed by atoms with Gasteiger partial charge in [-0.25, -0.2) is 9.89 Å². The predicted octanol–water partition coefficient (Wildman–Crippen LogP) is 4.64. The Morgan fingerprint density at radius 1 is 1.05 bits per heavy atom. The van der Waals surface area contributed by atoms with Crippen molar-refractivity contribution in [3.05, 3.63) is 58.0 Å². The number of aromatic amines is 1. The van der Waals surface area contributed by atoms with E-state index in [4.69, 9.17) is 14.0 Å². The Morgan fingerprint density at radius 3 is 2.54 bits per heavy atom. The Hall–Kier alpha value is -4.08. The monoisotopic (exact) mass is 531 g/mol. The second-order valence-electron chi connectivity index (χ2n) is 11.3. The van der Waals surface area contributed by atoms with Crippen molar-refractivity contribution in [2.24, 2.45) is 0 Å². The van der Waals surface area contributed by atoms with Gasteiger partial charge in [-0.3, -0.25) is 4.79 Å². The summed E-state index contributed by atoms with van der Waals surface area (Å²) in [5, 5.41) is 13.6. The lowest BCUT2D eigenvalue weighted by atomic mass is 9.96. The first-order chi connectivity index (χ1) is 18.7. The van der Waals surface area contributed by atoms with Gasteiger partial charge in [-0.15, -0.1) is 0 Å². The number of piperazine rings is 1. The van der Waals surface area contributed by atoms with E-state index in [1.165, 1.54) is 6.42 Å². The fraction of sp³-hybridized carbons (Fsp3) is 0.448. The Bertz CT molecular complexity index is 1570. The molecule has 0 atom stereocenters. The van der Waals surface area contributed by atoms with E-state index in [1.807, 2.05) is 57.2 Å². The highest BCUT2D eigenvalue weighted by Crippen LogP contribution is 2.31. The zero-order chi connectivity index (χ0) is 27.1. The first kappa shape index (κ1) is 25.2. The van der Waals surface area contributed by atoms with Crippen molar-refractivity contribution in [3.8, 4) is 5.75 Å². The Balaban J connectivity index is 1.19. The maximum absolute atomic E-state index is 12.4. The number of anilines is 1. The third-order valence-electron chi connectivity index (χ3n) is 7.31. The third kappa shape index (κ3) is 5.28. The van der Waals surface area contributed by atoms with E-state index in [0.29, 0.717) is 43.6 Å². The van der Waals surface area contributed by atoms with Crippen LogP contribution in [0.2, 0.25) is 0 Å². The second kappa shape index (κ2) is 9.91. The number of ether oxygens (including phenoxy) is 2. The van der Waals surface area contributed by atoms with Crippen LogP contribution in [0.5, 0.6) is 5.75 Å². The molecular formula is C29H33N5O5. The van der Waals surface area contributed by atoms with E-state index in [0.717, 1.165) is 46.4 Å². The molecule has 2 fully saturated rings. The van der Waals surface area contributed by atoms with Crippen LogP contribution in [-0.2, 0) is 11.2 Å². The number of rotatable bonds is 5. The fourth-order valence-electron chi connectivity index (χ4n) is 5.02. The van der Waals surface area contributed by atoms with Gasteiger partial charge in [0.15, 0.2) is 11.4 Å². The number of fused-ring (bicyclic) bond motifs is 2. The van der Waals surface area contributed by atoms with E-state index in [2.05, 4.69) is 20.3 Å². The number of carbonyl (C=O) groups excluding carboxylic acids is 1. The summed E-state index contributed by atoms with van der Waals surface area (Å²) in [6.07, 6.45) is 3.81. The summed E-state index contributed by atoms with van der Waals surface area (Å²) in [6.45, 7) is 8.00. The van der Waals surface area contributed by atoms with Crippen LogP contribution in [0.4, 0.5) is 10.6 Å². The van der Waals surface area contributed by atoms with Crippen LogP contribution >= 0.6 is 0 Å². The highest BCUT2D eigenvalue weighted by atomic mass is 16.6. The Kier molecular flexibility index (Phi) is 6.40. The molecule has 3 heterocycles. The van der Waals surface area contributed by atoms with Crippen molar-refractivity contribution in [1.82, 2.24) is 20.3 Å². The third-order valence-corrected chi connectivity index (χ3v) is 7.31. The summed E-state index contributed by atoms with van der Waals surface area (Å²) in [5.74, 6) is 1.54. The van der Waals surface area contributed by atoms with Gasteiger partial charge in [0.05, 0.1) is 22.6 Å². The first-order valence-corrected chi connectivity index (χ1v) is 13.5. The Labute approximate surface area is 225 Å². The average molecular weight is 532 g/mol. The molecule has 0 radical (unpaired) electrons. The minimum absolute atomic E-state index is 0.217. The summed E-state index contributed by atoms with van der Waals surface area (Å²) in [5.41, 5.74) is 1.70. The van der Waals surface area contributed by atoms with Crippen LogP contribution < -0.4 is 15.2 Å². The van der Waals surface area contributed by atoms with Gasteiger partial charge >= 0.3 is 6.09 Å². The van der Waals surface area contributed by atoms with Crippen LogP contribution in [-0.4, -0.2) is 64.2 Å². The highest BCUT2D eigenvalue weighted by Gasteiger charge is 2.28. The molecule has 204 valence electrons. The lowest BCUT2D eigenvalue weighted by molar-refractivity contribution is 0.0240. The van der Waals surface area contributed by atoms with E-state index in [-0.39, 0.29) is 17.8 Å². The predicted molar refractivity (Wildman–Crippen MR) is 147 cm³/mol. The normalized spacial score (nSPS) is 16.5. The number of hydrogen-bond donors (Lipinski definition) is 1. The fourth-order valence-corrected chi connectivity index (χ4v) is 5.02. The van der Waals surface area contributed by atoms with Crippen molar-refractivity contribution in [1.29, 1.82) is 0 Å². The van der Waals surface area contributed by atoms with E-state index in [9.17, 15) is 9.59 Å². The molecule has 4 aromatic rings. The lowest BCUT2D eigenvalue weighted by Gasteiger charge is -2.35. The van der Waals surface area contributed by atoms with Gasteiger partial charge in [-0.1, -0.05) is 11.2 Å². The van der Waals surface area contributed by atoms with E-state index >= 15 is 0 Å². The van der Waals surface area contributed by atoms with Gasteiger partial charge in [-0.05, 0) is 75.9 Å². The maximum atomic E-state index is 12.4. The lowest BCUT2D eigenvalue weighted by Crippen LogP contribution is -2.50. The zero-order valence-electron chi connectivity index (χ0n) is 22.5. The number of nitrogens with zero attached hydrogens (tertiary/aromatic N) is 4. The van der Waals surface area contributed by atoms with Gasteiger partial charge in [0.25, 0.3) is 5.56 Å². The van der Waals surface area contributed by atoms with Crippen LogP contribution in [0.15, 0.2) is 45.7 Å². The molecule has 1 N–H and O–H groups in total. The van der Waals surface area contributed by atoms with Crippen LogP contribution in [0.3, 0.4) is 0 Å². The van der Waals surface area contributed by atoms with Crippen LogP contribution in [0.25, 0.3) is 21.7 Å². The van der Waals surface area contributed by atoms with Crippen molar-refractivity contribution >= 4 is 33.7 Å². The van der Waals surface area contributed by atoms with Gasteiger partial charge in [0.2, 0.25) is 0 Å². The van der Waals surface area contributed by atoms with Gasteiger partial charge in [-0.2, -0.15) is 5.10 Å². The first-order valence-electron chi connectivity index (χ1n) is 13.5. The smallest absolute Gasteiger partial charge is 0.410 e. The number of benzene rings is 2. The topological polar surface area (TPSA) is 114 Å². The number of amides is 1. The van der Waals surface area contributed by atoms with Gasteiger partial charge in [0, 0.05) is 38.0 Å². The van der Waals surface area contributed by atoms with Crippen molar-refractivity contribution in [3.63, 3.8) is 0 Å². The molecule has 0 unspecified atom stereocenters. The highest BCUT2D eigenvalue weighted by molar-refractivity contribution is 5.89. The molecule has 2 aliphatic rings. The van der Waals surface area contributed by atoms with E-state index in [1.54, 1.807) is 4.90 Å². The summed E-state index contributed by atoms with van der Waals surface area (Å²) < 4.78 is 17.3. The summed E-state index contributed by atoms with van der Waals surface area (Å²) in [6, 6.07) is 11.6. The van der Waals surface area contributed by atoms with Crippen LogP contribution in [0, 0.1) is 0 Å². The standard InChI is InChI=1S/C29H33N5O5/c1-29(2,3)38-28(36)34-13-11-33(12-14-34)26-22-9-7-18(16-25(22)39-32-26)15-24-23-17-20(37-19-5-4-6-19)8-10-21(23)27(35)31-30-24/h7-10,16-17,19H,4-6,11-15H2,1-3H3,(H,31,35). The largest absolute Gasteiger partial charge is 0.490 e. The molecule has 0 spiro atoms. The molecule has 6 rings (SSSR count). The minimum atomic E-state index is -0.517.